The van der Waals surface area contributed by atoms with Crippen molar-refractivity contribution in [2.24, 2.45) is 0 Å². The van der Waals surface area contributed by atoms with Gasteiger partial charge in [-0.05, 0) is 108 Å². The molecule has 12 rings (SSSR count). The van der Waals surface area contributed by atoms with Crippen molar-refractivity contribution in [3.63, 3.8) is 0 Å². The van der Waals surface area contributed by atoms with Gasteiger partial charge in [-0.3, -0.25) is 0 Å². The molecule has 0 aromatic heterocycles. The van der Waals surface area contributed by atoms with Gasteiger partial charge in [0.25, 0.3) is 0 Å². The molecule has 1 nitrogen and oxygen atoms in total. The van der Waals surface area contributed by atoms with Gasteiger partial charge in [-0.15, -0.1) is 0 Å². The standard InChI is InChI=1S/C58H41N/c1-57(2)48-29-13-9-26-45(48)47-28-18-34-54(56(47)57)59(53-33-17-27-41(38-19-5-3-6-20-38)55(53)39-21-7-4-8-22-39)40-35-36-46-44-25-12-16-32-51(44)58(52(46)37-40)49-30-14-10-23-42(49)43-24-11-15-31-50(43)58/h3-37H,1-2H3. The van der Waals surface area contributed by atoms with E-state index >= 15 is 0 Å². The Labute approximate surface area is 346 Å². The molecule has 0 saturated heterocycles. The summed E-state index contributed by atoms with van der Waals surface area (Å²) in [4.78, 5) is 2.59. The van der Waals surface area contributed by atoms with Crippen molar-refractivity contribution < 1.29 is 0 Å². The summed E-state index contributed by atoms with van der Waals surface area (Å²) in [6.45, 7) is 4.80. The van der Waals surface area contributed by atoms with Crippen molar-refractivity contribution in [3.8, 4) is 55.6 Å². The smallest absolute Gasteiger partial charge is 0.0726 e. The molecule has 59 heavy (non-hydrogen) atoms. The number of hydrogen-bond acceptors (Lipinski definition) is 1. The lowest BCUT2D eigenvalue weighted by molar-refractivity contribution is 0.661. The molecule has 3 aliphatic carbocycles. The maximum Gasteiger partial charge on any atom is 0.0726 e. The van der Waals surface area contributed by atoms with Crippen molar-refractivity contribution in [3.05, 3.63) is 246 Å². The summed E-state index contributed by atoms with van der Waals surface area (Å²) in [6, 6.07) is 79.2. The first-order chi connectivity index (χ1) is 29.1. The molecular formula is C58H41N. The second kappa shape index (κ2) is 12.6. The van der Waals surface area contributed by atoms with Crippen LogP contribution in [0, 0.1) is 0 Å². The second-order valence-corrected chi connectivity index (χ2v) is 16.8. The van der Waals surface area contributed by atoms with E-state index in [9.17, 15) is 0 Å². The molecule has 1 heteroatoms. The predicted octanol–water partition coefficient (Wildman–Crippen LogP) is 15.1. The van der Waals surface area contributed by atoms with Gasteiger partial charge in [0.2, 0.25) is 0 Å². The Morgan fingerprint density at radius 3 is 1.36 bits per heavy atom. The van der Waals surface area contributed by atoms with Crippen LogP contribution in [0.15, 0.2) is 212 Å². The topological polar surface area (TPSA) is 3.24 Å². The number of benzene rings is 9. The molecular weight excluding hydrogens is 711 g/mol. The summed E-state index contributed by atoms with van der Waals surface area (Å²) < 4.78 is 0. The maximum absolute atomic E-state index is 2.59. The monoisotopic (exact) mass is 751 g/mol. The quantitative estimate of drug-likeness (QED) is 0.169. The number of nitrogens with zero attached hydrogens (tertiary/aromatic N) is 1. The first-order valence-electron chi connectivity index (χ1n) is 20.8. The lowest BCUT2D eigenvalue weighted by Crippen LogP contribution is -2.26. The Bertz CT molecular complexity index is 3070. The molecule has 0 saturated carbocycles. The summed E-state index contributed by atoms with van der Waals surface area (Å²) in [6.07, 6.45) is 0. The van der Waals surface area contributed by atoms with Crippen LogP contribution in [0.3, 0.4) is 0 Å². The van der Waals surface area contributed by atoms with Crippen molar-refractivity contribution in [2.75, 3.05) is 4.90 Å². The van der Waals surface area contributed by atoms with Gasteiger partial charge in [-0.25, -0.2) is 0 Å². The molecule has 0 bridgehead atoms. The van der Waals surface area contributed by atoms with Crippen LogP contribution < -0.4 is 4.90 Å². The Balaban J connectivity index is 1.20. The minimum atomic E-state index is -0.455. The van der Waals surface area contributed by atoms with Crippen LogP contribution in [0.1, 0.15) is 47.2 Å². The zero-order valence-corrected chi connectivity index (χ0v) is 33.2. The first kappa shape index (κ1) is 33.9. The van der Waals surface area contributed by atoms with Crippen LogP contribution in [0.25, 0.3) is 55.6 Å². The molecule has 0 heterocycles. The van der Waals surface area contributed by atoms with E-state index in [2.05, 4.69) is 231 Å². The molecule has 0 radical (unpaired) electrons. The Morgan fingerprint density at radius 1 is 0.322 bits per heavy atom. The van der Waals surface area contributed by atoms with Crippen molar-refractivity contribution in [1.29, 1.82) is 0 Å². The Kier molecular flexibility index (Phi) is 7.26. The summed E-state index contributed by atoms with van der Waals surface area (Å²) in [5, 5.41) is 0. The van der Waals surface area contributed by atoms with Gasteiger partial charge >= 0.3 is 0 Å². The molecule has 0 unspecified atom stereocenters. The van der Waals surface area contributed by atoms with Crippen LogP contribution in [-0.4, -0.2) is 0 Å². The van der Waals surface area contributed by atoms with Crippen LogP contribution in [0.2, 0.25) is 0 Å². The number of rotatable bonds is 5. The lowest BCUT2D eigenvalue weighted by Gasteiger charge is -2.35. The minimum absolute atomic E-state index is 0.234. The van der Waals surface area contributed by atoms with E-state index in [1.165, 1.54) is 94.7 Å². The summed E-state index contributed by atoms with van der Waals surface area (Å²) >= 11 is 0. The molecule has 278 valence electrons. The van der Waals surface area contributed by atoms with E-state index in [1.54, 1.807) is 0 Å². The highest BCUT2D eigenvalue weighted by molar-refractivity contribution is 6.01. The number of anilines is 3. The molecule has 9 aromatic rings. The van der Waals surface area contributed by atoms with E-state index in [0.29, 0.717) is 0 Å². The first-order valence-corrected chi connectivity index (χ1v) is 20.8. The minimum Gasteiger partial charge on any atom is -0.310 e. The van der Waals surface area contributed by atoms with Crippen LogP contribution >= 0.6 is 0 Å². The maximum atomic E-state index is 2.59. The van der Waals surface area contributed by atoms with E-state index in [1.807, 2.05) is 0 Å². The summed E-state index contributed by atoms with van der Waals surface area (Å²) in [7, 11) is 0. The molecule has 0 fully saturated rings. The van der Waals surface area contributed by atoms with Gasteiger partial charge in [-0.2, -0.15) is 0 Å². The van der Waals surface area contributed by atoms with Gasteiger partial charge in [0.1, 0.15) is 0 Å². The summed E-state index contributed by atoms with van der Waals surface area (Å²) in [5.74, 6) is 0. The highest BCUT2D eigenvalue weighted by Gasteiger charge is 2.52. The highest BCUT2D eigenvalue weighted by atomic mass is 15.1. The van der Waals surface area contributed by atoms with E-state index in [-0.39, 0.29) is 5.41 Å². The molecule has 1 spiro atoms. The average molecular weight is 752 g/mol. The molecule has 0 amide bonds. The van der Waals surface area contributed by atoms with E-state index in [4.69, 9.17) is 0 Å². The molecule has 9 aromatic carbocycles. The largest absolute Gasteiger partial charge is 0.310 e. The fraction of sp³-hybridized carbons (Fsp3) is 0.0690. The summed E-state index contributed by atoms with van der Waals surface area (Å²) in [5.41, 5.74) is 23.5. The normalized spacial score (nSPS) is 14.2. The second-order valence-electron chi connectivity index (χ2n) is 16.8. The Hall–Kier alpha value is -7.22. The lowest BCUT2D eigenvalue weighted by atomic mass is 9.70. The van der Waals surface area contributed by atoms with Crippen LogP contribution in [0.5, 0.6) is 0 Å². The third kappa shape index (κ3) is 4.62. The molecule has 0 aliphatic heterocycles. The van der Waals surface area contributed by atoms with Crippen LogP contribution in [0.4, 0.5) is 17.1 Å². The average Bonchev–Trinajstić information content (AvgIpc) is 3.86. The van der Waals surface area contributed by atoms with E-state index in [0.717, 1.165) is 11.4 Å². The number of fused-ring (bicyclic) bond motifs is 13. The van der Waals surface area contributed by atoms with E-state index < -0.39 is 5.41 Å². The third-order valence-corrected chi connectivity index (χ3v) is 13.5. The zero-order chi connectivity index (χ0) is 39.3. The van der Waals surface area contributed by atoms with Crippen molar-refractivity contribution >= 4 is 17.1 Å². The molecule has 0 atom stereocenters. The van der Waals surface area contributed by atoms with Gasteiger partial charge in [0.15, 0.2) is 0 Å². The Morgan fingerprint density at radius 2 is 0.763 bits per heavy atom. The van der Waals surface area contributed by atoms with Crippen molar-refractivity contribution in [1.82, 2.24) is 0 Å². The molecule has 3 aliphatic rings. The van der Waals surface area contributed by atoms with Crippen molar-refractivity contribution in [2.45, 2.75) is 24.7 Å². The van der Waals surface area contributed by atoms with Gasteiger partial charge < -0.3 is 4.90 Å². The fourth-order valence-corrected chi connectivity index (χ4v) is 11.1. The SMILES string of the molecule is CC1(C)c2ccccc2-c2cccc(N(c3ccc4c(c3)C3(c5ccccc5-c5ccccc53)c3ccccc3-4)c3cccc(-c4ccccc4)c3-c3ccccc3)c21. The number of hydrogen-bond donors (Lipinski definition) is 0. The molecule has 0 N–H and O–H groups in total. The predicted molar refractivity (Wildman–Crippen MR) is 246 cm³/mol. The van der Waals surface area contributed by atoms with Gasteiger partial charge in [-0.1, -0.05) is 202 Å². The highest BCUT2D eigenvalue weighted by Crippen LogP contribution is 2.64. The third-order valence-electron chi connectivity index (χ3n) is 13.5. The zero-order valence-electron chi connectivity index (χ0n) is 33.2. The van der Waals surface area contributed by atoms with Gasteiger partial charge in [0, 0.05) is 16.7 Å². The fourth-order valence-electron chi connectivity index (χ4n) is 11.1. The van der Waals surface area contributed by atoms with Crippen LogP contribution in [-0.2, 0) is 10.8 Å². The van der Waals surface area contributed by atoms with Gasteiger partial charge in [0.05, 0.1) is 16.8 Å².